The van der Waals surface area contributed by atoms with Crippen LogP contribution < -0.4 is 0 Å². The summed E-state index contributed by atoms with van der Waals surface area (Å²) in [7, 11) is 0. The predicted molar refractivity (Wildman–Crippen MR) is 230 cm³/mol. The zero-order valence-corrected chi connectivity index (χ0v) is 60.9. The molecule has 5 N–H and O–H groups in total. The fourth-order valence-corrected chi connectivity index (χ4v) is 6.25. The van der Waals surface area contributed by atoms with E-state index in [0.29, 0.717) is 51.2 Å². The molecule has 10 rings (SSSR count). The smallest absolute Gasteiger partial charge is 0.178 e. The Balaban J connectivity index is 0. The minimum Gasteiger partial charge on any atom is -0.392 e. The van der Waals surface area contributed by atoms with E-state index in [0.717, 1.165) is 62.5 Å². The largest absolute Gasteiger partial charge is 0.392 e. The summed E-state index contributed by atoms with van der Waals surface area (Å²) in [6.07, 6.45) is 0. The minimum atomic E-state index is -0.117. The number of aryl methyl sites for hydroxylation is 10. The molecule has 10 heterocycles. The van der Waals surface area contributed by atoms with Crippen molar-refractivity contribution < 1.29 is 173 Å². The molecule has 0 saturated carbocycles. The van der Waals surface area contributed by atoms with Gasteiger partial charge in [0.2, 0.25) is 0 Å². The van der Waals surface area contributed by atoms with Crippen LogP contribution in [0, 0.1) is 75.3 Å². The predicted octanol–water partition coefficient (Wildman–Crippen LogP) is 0.950. The van der Waals surface area contributed by atoms with Crippen molar-refractivity contribution in [2.24, 2.45) is 0 Å². The molecule has 32 heteroatoms. The Kier molecular flexibility index (Phi) is 32.5. The topological polar surface area (TPSA) is 317 Å². The number of aliphatic hydroxyl groups is 5. The van der Waals surface area contributed by atoms with Crippen molar-refractivity contribution in [1.82, 2.24) is 99.1 Å². The molecule has 0 aliphatic carbocycles. The zero-order valence-electron chi connectivity index (χ0n) is 40.4. The molecule has 72 heavy (non-hydrogen) atoms. The van der Waals surface area contributed by atoms with Crippen LogP contribution in [0.25, 0.3) is 28.1 Å². The van der Waals surface area contributed by atoms with Gasteiger partial charge in [0.05, 0.1) is 67.0 Å². The number of hydrogen-bond acceptors (Lipinski definition) is 20. The van der Waals surface area contributed by atoms with Gasteiger partial charge in [0, 0.05) is 164 Å². The molecule has 0 aromatic carbocycles. The Labute approximate surface area is 512 Å². The van der Waals surface area contributed by atoms with Gasteiger partial charge in [-0.3, -0.25) is 4.52 Å². The molecule has 0 atom stereocenters. The van der Waals surface area contributed by atoms with Crippen LogP contribution in [0.15, 0.2) is 24.3 Å². The van der Waals surface area contributed by atoms with Crippen LogP contribution in [0.1, 0.15) is 85.5 Å². The summed E-state index contributed by atoms with van der Waals surface area (Å²) in [6, 6.07) is 10.1. The maximum absolute atomic E-state index is 9.08. The average Bonchev–Trinajstić information content (AvgIpc) is 4.14. The Morgan fingerprint density at radius 1 is 0.417 bits per heavy atom. The molecule has 0 spiro atoms. The molecule has 0 fully saturated rings. The van der Waals surface area contributed by atoms with Gasteiger partial charge in [-0.05, 0) is 97.8 Å². The molecule has 0 unspecified atom stereocenters. The van der Waals surface area contributed by atoms with Crippen molar-refractivity contribution in [3.63, 3.8) is 0 Å². The summed E-state index contributed by atoms with van der Waals surface area (Å²) >= 11 is 0. The van der Waals surface area contributed by atoms with Crippen molar-refractivity contribution in [3.05, 3.63) is 116 Å². The van der Waals surface area contributed by atoms with E-state index in [9.17, 15) is 0 Å². The van der Waals surface area contributed by atoms with Gasteiger partial charge < -0.3 is 25.5 Å². The Hall–Kier alpha value is -2.63. The summed E-state index contributed by atoms with van der Waals surface area (Å²) in [5, 5.41) is 105. The second-order valence-electron chi connectivity index (χ2n) is 14.5. The Morgan fingerprint density at radius 2 is 0.903 bits per heavy atom. The SMILES string of the molecule is Cc1[c-]c(CO)nn2c(C)nnc12.Cc1cc2nnc(C)n2nc1CO.Cc1nn2c(C)nnc2cc1CO.Cc1nnc(C)n2nc(CO)c(C)c12.Cc1nnc2ccc(CO)nn12.[W].[W].[W].[W].[W].[W].[W]. The number of aromatic nitrogens is 20. The zero-order chi connectivity index (χ0) is 47.1. The first kappa shape index (κ1) is 71.4. The van der Waals surface area contributed by atoms with E-state index < -0.39 is 0 Å². The first-order chi connectivity index (χ1) is 31.1. The number of hydrogen-bond donors (Lipinski definition) is 5. The van der Waals surface area contributed by atoms with Crippen LogP contribution in [-0.2, 0) is 180 Å². The third-order valence-electron chi connectivity index (χ3n) is 9.84. The molecule has 0 aliphatic heterocycles. The number of rotatable bonds is 5. The molecule has 0 saturated heterocycles. The van der Waals surface area contributed by atoms with Gasteiger partial charge in [0.15, 0.2) is 34.4 Å². The van der Waals surface area contributed by atoms with Gasteiger partial charge in [0.1, 0.15) is 11.6 Å². The summed E-state index contributed by atoms with van der Waals surface area (Å²) < 4.78 is 8.22. The molecule has 382 valence electrons. The van der Waals surface area contributed by atoms with E-state index in [2.05, 4.69) is 82.5 Å². The number of fused-ring (bicyclic) bond motifs is 5. The molecule has 10 aromatic rings. The van der Waals surface area contributed by atoms with Crippen molar-refractivity contribution >= 4 is 28.1 Å². The summed E-state index contributed by atoms with van der Waals surface area (Å²) in [5.41, 5.74) is 11.4. The van der Waals surface area contributed by atoms with E-state index >= 15 is 0 Å². The second-order valence-corrected chi connectivity index (χ2v) is 14.5. The van der Waals surface area contributed by atoms with Crippen LogP contribution in [0.4, 0.5) is 0 Å². The van der Waals surface area contributed by atoms with Crippen molar-refractivity contribution in [2.45, 2.75) is 102 Å². The van der Waals surface area contributed by atoms with E-state index in [1.807, 2.05) is 75.3 Å². The number of nitrogens with zero attached hydrogens (tertiary/aromatic N) is 20. The fraction of sp³-hybridized carbons (Fsp3) is 0.375. The minimum absolute atomic E-state index is 0. The molecule has 10 aromatic heterocycles. The number of aliphatic hydroxyl groups excluding tert-OH is 5. The molecule has 0 radical (unpaired) electrons. The normalized spacial score (nSPS) is 9.93. The van der Waals surface area contributed by atoms with Crippen LogP contribution >= 0.6 is 0 Å². The van der Waals surface area contributed by atoms with Gasteiger partial charge in [-0.1, -0.05) is 6.92 Å². The van der Waals surface area contributed by atoms with Crippen molar-refractivity contribution in [3.8, 4) is 0 Å². The molecule has 0 amide bonds. The third kappa shape index (κ3) is 16.7. The van der Waals surface area contributed by atoms with Gasteiger partial charge in [0.25, 0.3) is 0 Å². The van der Waals surface area contributed by atoms with Crippen LogP contribution in [0.3, 0.4) is 0 Å². The van der Waals surface area contributed by atoms with Gasteiger partial charge in [-0.25, -0.2) is 20.8 Å². The quantitative estimate of drug-likeness (QED) is 0.150. The van der Waals surface area contributed by atoms with Crippen molar-refractivity contribution in [1.29, 1.82) is 0 Å². The molecule has 25 nitrogen and oxygen atoms in total. The van der Waals surface area contributed by atoms with Crippen molar-refractivity contribution in [2.75, 3.05) is 0 Å². The van der Waals surface area contributed by atoms with E-state index in [1.54, 1.807) is 40.8 Å². The first-order valence-electron chi connectivity index (χ1n) is 20.0. The van der Waals surface area contributed by atoms with Crippen LogP contribution in [0.5, 0.6) is 0 Å². The Morgan fingerprint density at radius 3 is 1.44 bits per heavy atom. The maximum Gasteiger partial charge on any atom is 0.178 e. The third-order valence-corrected chi connectivity index (χ3v) is 9.84. The molecular weight excluding hydrogens is 2130 g/mol. The summed E-state index contributed by atoms with van der Waals surface area (Å²) in [6.45, 7) is 18.3. The fourth-order valence-electron chi connectivity index (χ4n) is 6.25. The molecular formula is C40H49N20O5W7-. The van der Waals surface area contributed by atoms with Crippen LogP contribution in [0.2, 0.25) is 0 Å². The second kappa shape index (κ2) is 32.7. The van der Waals surface area contributed by atoms with Gasteiger partial charge in [-0.15, -0.1) is 35.7 Å². The van der Waals surface area contributed by atoms with E-state index in [1.165, 1.54) is 0 Å². The maximum atomic E-state index is 9.08. The molecule has 0 aliphatic rings. The van der Waals surface area contributed by atoms with Gasteiger partial charge >= 0.3 is 0 Å². The van der Waals surface area contributed by atoms with E-state index in [4.69, 9.17) is 25.5 Å². The standard InChI is InChI=1S/C9H12N4O.2C8H10N4O.C8H9N4O.C7H8N4O.7W/c1-5-8(4-14)12-13-7(3)11-10-6(2)9(5)13;1-5-7(4-13)3-8-10-9-6(2)12(8)11-5;1-5-3-8-10-9-6(2)12(8)11-7(5)4-13;1-5-3-7(4-13)11-12-6(2)9-10-8(5)12;1-5-8-9-7-3-2-6(4-12)10-11(5)7;;;;;;;/h14H,4H2,1-3H3;2*3,13H,4H2,1-2H3;13H,4H2,1-2H3;2-3,12H,4H2,1H3;;;;;;;/q;;;-1;;;;;;;;. The monoisotopic (exact) mass is 2180 g/mol. The average molecular weight is 2180 g/mol. The summed E-state index contributed by atoms with van der Waals surface area (Å²) in [4.78, 5) is 0. The van der Waals surface area contributed by atoms with Crippen LogP contribution in [-0.4, -0.2) is 125 Å². The van der Waals surface area contributed by atoms with Gasteiger partial charge in [-0.2, -0.15) is 49.7 Å². The summed E-state index contributed by atoms with van der Waals surface area (Å²) in [5.74, 6) is 3.64. The molecule has 0 bridgehead atoms. The first-order valence-corrected chi connectivity index (χ1v) is 20.0. The van der Waals surface area contributed by atoms with E-state index in [-0.39, 0.29) is 180 Å². The Bertz CT molecular complexity index is 3270.